The van der Waals surface area contributed by atoms with Crippen molar-refractivity contribution in [3.05, 3.63) is 0 Å². The van der Waals surface area contributed by atoms with Gasteiger partial charge in [0.05, 0.1) is 6.61 Å². The molecular formula is C4H9NO4. The summed E-state index contributed by atoms with van der Waals surface area (Å²) in [5, 5.41) is 24.8. The van der Waals surface area contributed by atoms with Crippen LogP contribution in [0.15, 0.2) is 0 Å². The zero-order valence-electron chi connectivity index (χ0n) is 4.69. The predicted octanol–water partition coefficient (Wildman–Crippen LogP) is -2.25. The molecule has 5 nitrogen and oxygen atoms in total. The number of carboxylic acid groups (broad SMARTS) is 1. The van der Waals surface area contributed by atoms with Crippen molar-refractivity contribution in [1.29, 1.82) is 0 Å². The van der Waals surface area contributed by atoms with Gasteiger partial charge in [-0.25, -0.2) is 0 Å². The number of rotatable bonds is 3. The molecule has 0 aliphatic heterocycles. The van der Waals surface area contributed by atoms with E-state index >= 15 is 0 Å². The number of aliphatic carboxylic acids is 1. The quantitative estimate of drug-likeness (QED) is 0.350. The standard InChI is InChI=1S/C4H9NO4/c5-3(4(8)9)2(7)1-6/h2-3,6-7H,1,5H2,(H,8,9)/t2-,3+/m0/s1. The lowest BCUT2D eigenvalue weighted by Gasteiger charge is -2.10. The maximum atomic E-state index is 9.90. The zero-order valence-corrected chi connectivity index (χ0v) is 4.69. The summed E-state index contributed by atoms with van der Waals surface area (Å²) in [5.74, 6) is -1.32. The van der Waals surface area contributed by atoms with Gasteiger partial charge in [-0.15, -0.1) is 0 Å². The minimum Gasteiger partial charge on any atom is -0.480 e. The van der Waals surface area contributed by atoms with Crippen LogP contribution in [0.1, 0.15) is 0 Å². The molecule has 0 saturated carbocycles. The first-order chi connectivity index (χ1) is 4.09. The zero-order chi connectivity index (χ0) is 7.44. The van der Waals surface area contributed by atoms with Gasteiger partial charge in [-0.05, 0) is 0 Å². The summed E-state index contributed by atoms with van der Waals surface area (Å²) in [6.07, 6.45) is -1.37. The first kappa shape index (κ1) is 8.35. The second-order valence-corrected chi connectivity index (χ2v) is 1.61. The maximum Gasteiger partial charge on any atom is 0.323 e. The Morgan fingerprint density at radius 3 is 2.22 bits per heavy atom. The first-order valence-electron chi connectivity index (χ1n) is 2.37. The summed E-state index contributed by atoms with van der Waals surface area (Å²) in [4.78, 5) is 9.90. The fraction of sp³-hybridized carbons (Fsp3) is 0.750. The van der Waals surface area contributed by atoms with Crippen molar-refractivity contribution in [3.8, 4) is 0 Å². The molecule has 2 atom stereocenters. The van der Waals surface area contributed by atoms with Crippen molar-refractivity contribution in [2.24, 2.45) is 5.73 Å². The highest BCUT2D eigenvalue weighted by molar-refractivity contribution is 5.73. The maximum absolute atomic E-state index is 9.90. The lowest BCUT2D eigenvalue weighted by atomic mass is 10.2. The Hall–Kier alpha value is -0.650. The van der Waals surface area contributed by atoms with Crippen molar-refractivity contribution in [1.82, 2.24) is 0 Å². The van der Waals surface area contributed by atoms with E-state index in [1.165, 1.54) is 0 Å². The minimum absolute atomic E-state index is 0.631. The average Bonchev–Trinajstić information content (AvgIpc) is 1.84. The van der Waals surface area contributed by atoms with Gasteiger partial charge in [-0.2, -0.15) is 0 Å². The van der Waals surface area contributed by atoms with Crippen LogP contribution in [0.5, 0.6) is 0 Å². The molecule has 0 fully saturated rings. The highest BCUT2D eigenvalue weighted by atomic mass is 16.4. The van der Waals surface area contributed by atoms with E-state index in [0.717, 1.165) is 0 Å². The van der Waals surface area contributed by atoms with E-state index in [-0.39, 0.29) is 0 Å². The Labute approximate surface area is 51.7 Å². The molecule has 0 heterocycles. The number of carboxylic acids is 1. The molecule has 0 saturated heterocycles. The van der Waals surface area contributed by atoms with Crippen LogP contribution >= 0.6 is 0 Å². The van der Waals surface area contributed by atoms with E-state index in [1.54, 1.807) is 0 Å². The first-order valence-corrected chi connectivity index (χ1v) is 2.37. The summed E-state index contributed by atoms with van der Waals surface area (Å²) in [6.45, 7) is -0.631. The highest BCUT2D eigenvalue weighted by Gasteiger charge is 2.20. The summed E-state index contributed by atoms with van der Waals surface area (Å²) in [7, 11) is 0. The normalized spacial score (nSPS) is 16.8. The van der Waals surface area contributed by atoms with Crippen molar-refractivity contribution in [3.63, 3.8) is 0 Å². The molecular weight excluding hydrogens is 126 g/mol. The SMILES string of the molecule is N[C@@H](C(=O)O)[C@@H](O)CO. The van der Waals surface area contributed by atoms with E-state index in [9.17, 15) is 4.79 Å². The van der Waals surface area contributed by atoms with Crippen LogP contribution < -0.4 is 5.73 Å². The van der Waals surface area contributed by atoms with Gasteiger partial charge in [0.15, 0.2) is 0 Å². The molecule has 5 heteroatoms. The molecule has 0 unspecified atom stereocenters. The predicted molar refractivity (Wildman–Crippen MR) is 28.7 cm³/mol. The number of hydrogen-bond donors (Lipinski definition) is 4. The third kappa shape index (κ3) is 2.41. The summed E-state index contributed by atoms with van der Waals surface area (Å²) < 4.78 is 0. The summed E-state index contributed by atoms with van der Waals surface area (Å²) in [5.41, 5.74) is 4.86. The van der Waals surface area contributed by atoms with Crippen LogP contribution in [0.25, 0.3) is 0 Å². The highest BCUT2D eigenvalue weighted by Crippen LogP contribution is 1.87. The van der Waals surface area contributed by atoms with Gasteiger partial charge in [0.1, 0.15) is 12.1 Å². The van der Waals surface area contributed by atoms with Crippen molar-refractivity contribution in [2.75, 3.05) is 6.61 Å². The third-order valence-electron chi connectivity index (χ3n) is 0.887. The number of nitrogens with two attached hydrogens (primary N) is 1. The van der Waals surface area contributed by atoms with Gasteiger partial charge >= 0.3 is 5.97 Å². The van der Waals surface area contributed by atoms with Gasteiger partial charge in [0.2, 0.25) is 0 Å². The lowest BCUT2D eigenvalue weighted by molar-refractivity contribution is -0.141. The molecule has 0 radical (unpaired) electrons. The molecule has 0 aliphatic rings. The van der Waals surface area contributed by atoms with E-state index < -0.39 is 24.7 Å². The van der Waals surface area contributed by atoms with Crippen LogP contribution in [0.2, 0.25) is 0 Å². The van der Waals surface area contributed by atoms with Crippen molar-refractivity contribution >= 4 is 5.97 Å². The van der Waals surface area contributed by atoms with Gasteiger partial charge in [-0.3, -0.25) is 4.79 Å². The fourth-order valence-electron chi connectivity index (χ4n) is 0.278. The molecule has 0 spiro atoms. The number of aliphatic hydroxyl groups is 2. The Balaban J connectivity index is 3.72. The summed E-state index contributed by atoms with van der Waals surface area (Å²) >= 11 is 0. The lowest BCUT2D eigenvalue weighted by Crippen LogP contribution is -2.43. The van der Waals surface area contributed by atoms with E-state index in [1.807, 2.05) is 0 Å². The topological polar surface area (TPSA) is 104 Å². The van der Waals surface area contributed by atoms with Crippen molar-refractivity contribution in [2.45, 2.75) is 12.1 Å². The molecule has 0 rings (SSSR count). The molecule has 0 aromatic carbocycles. The van der Waals surface area contributed by atoms with Gasteiger partial charge in [-0.1, -0.05) is 0 Å². The van der Waals surface area contributed by atoms with E-state index in [4.69, 9.17) is 21.1 Å². The summed E-state index contributed by atoms with van der Waals surface area (Å²) in [6, 6.07) is -1.39. The van der Waals surface area contributed by atoms with Gasteiger partial charge in [0.25, 0.3) is 0 Å². The minimum atomic E-state index is -1.39. The fourth-order valence-corrected chi connectivity index (χ4v) is 0.278. The number of aliphatic hydroxyl groups excluding tert-OH is 2. The Bertz CT molecular complexity index is 105. The third-order valence-corrected chi connectivity index (χ3v) is 0.887. The number of hydrogen-bond acceptors (Lipinski definition) is 4. The molecule has 5 N–H and O–H groups in total. The van der Waals surface area contributed by atoms with E-state index in [2.05, 4.69) is 0 Å². The van der Waals surface area contributed by atoms with Crippen LogP contribution in [-0.4, -0.2) is 40.0 Å². The molecule has 0 aliphatic carbocycles. The molecule has 0 amide bonds. The Kier molecular flexibility index (Phi) is 3.15. The Morgan fingerprint density at radius 1 is 1.67 bits per heavy atom. The van der Waals surface area contributed by atoms with E-state index in [0.29, 0.717) is 0 Å². The molecule has 0 aromatic heterocycles. The van der Waals surface area contributed by atoms with Crippen LogP contribution in [0, 0.1) is 0 Å². The molecule has 0 bridgehead atoms. The second kappa shape index (κ2) is 3.39. The largest absolute Gasteiger partial charge is 0.480 e. The van der Waals surface area contributed by atoms with Gasteiger partial charge < -0.3 is 21.1 Å². The second-order valence-electron chi connectivity index (χ2n) is 1.61. The van der Waals surface area contributed by atoms with Crippen LogP contribution in [0.3, 0.4) is 0 Å². The van der Waals surface area contributed by atoms with Crippen molar-refractivity contribution < 1.29 is 20.1 Å². The Morgan fingerprint density at radius 2 is 2.11 bits per heavy atom. The van der Waals surface area contributed by atoms with Crippen LogP contribution in [0.4, 0.5) is 0 Å². The average molecular weight is 135 g/mol. The molecule has 54 valence electrons. The molecule has 0 aromatic rings. The van der Waals surface area contributed by atoms with Gasteiger partial charge in [0, 0.05) is 0 Å². The monoisotopic (exact) mass is 135 g/mol. The van der Waals surface area contributed by atoms with Crippen LogP contribution in [-0.2, 0) is 4.79 Å². The number of carbonyl (C=O) groups is 1. The smallest absolute Gasteiger partial charge is 0.323 e. The molecule has 9 heavy (non-hydrogen) atoms.